The minimum Gasteiger partial charge on any atom is -0.355 e. The normalized spacial score (nSPS) is 13.4. The quantitative estimate of drug-likeness (QED) is 0.442. The molecule has 5 rings (SSSR count). The van der Waals surface area contributed by atoms with E-state index in [2.05, 4.69) is 20.7 Å². The fourth-order valence-corrected chi connectivity index (χ4v) is 4.19. The summed E-state index contributed by atoms with van der Waals surface area (Å²) in [5.74, 6) is 0.828. The molecule has 2 aromatic heterocycles. The van der Waals surface area contributed by atoms with Gasteiger partial charge in [0.15, 0.2) is 0 Å². The molecule has 0 atom stereocenters. The lowest BCUT2D eigenvalue weighted by molar-refractivity contribution is -0.122. The first-order valence-electron chi connectivity index (χ1n) is 11.4. The Morgan fingerprint density at radius 2 is 1.88 bits per heavy atom. The highest BCUT2D eigenvalue weighted by molar-refractivity contribution is 5.93. The van der Waals surface area contributed by atoms with E-state index in [1.165, 1.54) is 4.68 Å². The van der Waals surface area contributed by atoms with Crippen molar-refractivity contribution < 1.29 is 9.59 Å². The number of fused-ring (bicyclic) bond motifs is 2. The van der Waals surface area contributed by atoms with Crippen LogP contribution < -0.4 is 16.2 Å². The Hall–Kier alpha value is -4.01. The Kier molecular flexibility index (Phi) is 5.61. The molecule has 1 aliphatic carbocycles. The van der Waals surface area contributed by atoms with Crippen molar-refractivity contribution >= 4 is 39.3 Å². The summed E-state index contributed by atoms with van der Waals surface area (Å²) in [4.78, 5) is 41.9. The molecule has 0 aliphatic heterocycles. The smallest absolute Gasteiger partial charge is 0.275 e. The summed E-state index contributed by atoms with van der Waals surface area (Å²) in [5, 5.41) is 11.4. The minimum absolute atomic E-state index is 0.124. The number of anilines is 1. The lowest BCUT2D eigenvalue weighted by atomic mass is 10.1. The van der Waals surface area contributed by atoms with Crippen LogP contribution in [0.25, 0.3) is 21.8 Å². The number of amides is 2. The van der Waals surface area contributed by atoms with Gasteiger partial charge in [-0.2, -0.15) is 5.10 Å². The van der Waals surface area contributed by atoms with E-state index in [0.717, 1.165) is 35.1 Å². The van der Waals surface area contributed by atoms with Crippen LogP contribution in [0, 0.1) is 12.8 Å². The number of carbonyl (C=O) groups excluding carboxylic acids is 2. The Morgan fingerprint density at radius 1 is 1.12 bits per heavy atom. The number of aryl methyl sites for hydroxylation is 2. The molecule has 2 amide bonds. The first-order chi connectivity index (χ1) is 16.4. The molecule has 34 heavy (non-hydrogen) atoms. The van der Waals surface area contributed by atoms with Crippen molar-refractivity contribution in [2.75, 3.05) is 11.9 Å². The molecular weight excluding hydrogens is 432 g/mol. The van der Waals surface area contributed by atoms with Crippen molar-refractivity contribution in [1.29, 1.82) is 0 Å². The number of benzene rings is 2. The Balaban J connectivity index is 1.28. The summed E-state index contributed by atoms with van der Waals surface area (Å²) in [6.45, 7) is 2.18. The van der Waals surface area contributed by atoms with Gasteiger partial charge in [0.05, 0.1) is 22.1 Å². The third-order valence-corrected chi connectivity index (χ3v) is 6.20. The summed E-state index contributed by atoms with van der Waals surface area (Å²) < 4.78 is 3.19. The summed E-state index contributed by atoms with van der Waals surface area (Å²) in [6.07, 6.45) is 2.59. The van der Waals surface area contributed by atoms with Crippen LogP contribution >= 0.6 is 0 Å². The molecule has 0 saturated heterocycles. The number of rotatable bonds is 7. The molecule has 9 nitrogen and oxygen atoms in total. The SMILES string of the molecule is Cc1nn(CC(=O)Nc2ccc3c(c2)nc(CCNC(=O)C2CC2)n3C)c(=O)c2ccccc12. The lowest BCUT2D eigenvalue weighted by Crippen LogP contribution is -2.30. The largest absolute Gasteiger partial charge is 0.355 e. The fourth-order valence-electron chi connectivity index (χ4n) is 4.19. The molecule has 0 bridgehead atoms. The second-order valence-electron chi connectivity index (χ2n) is 8.75. The minimum atomic E-state index is -0.345. The molecule has 0 radical (unpaired) electrons. The molecule has 4 aromatic rings. The second kappa shape index (κ2) is 8.74. The van der Waals surface area contributed by atoms with Crippen LogP contribution in [0.3, 0.4) is 0 Å². The average Bonchev–Trinajstić information content (AvgIpc) is 3.63. The topological polar surface area (TPSA) is 111 Å². The standard InChI is InChI=1S/C25H26N6O3/c1-15-18-5-3-4-6-19(18)25(34)31(29-15)14-23(32)27-17-9-10-21-20(13-17)28-22(30(21)2)11-12-26-24(33)16-7-8-16/h3-6,9-10,13,16H,7-8,11-12,14H2,1-2H3,(H,26,33)(H,27,32). The molecule has 2 N–H and O–H groups in total. The van der Waals surface area contributed by atoms with Crippen molar-refractivity contribution in [2.24, 2.45) is 13.0 Å². The Bertz CT molecular complexity index is 1480. The van der Waals surface area contributed by atoms with Crippen molar-refractivity contribution in [2.45, 2.75) is 32.7 Å². The van der Waals surface area contributed by atoms with E-state index in [0.29, 0.717) is 29.7 Å². The fraction of sp³-hybridized carbons (Fsp3) is 0.320. The maximum absolute atomic E-state index is 12.7. The van der Waals surface area contributed by atoms with Gasteiger partial charge in [0.2, 0.25) is 11.8 Å². The van der Waals surface area contributed by atoms with Gasteiger partial charge in [-0.05, 0) is 44.0 Å². The molecule has 1 fully saturated rings. The first kappa shape index (κ1) is 21.8. The summed E-state index contributed by atoms with van der Waals surface area (Å²) >= 11 is 0. The molecular formula is C25H26N6O3. The Labute approximate surface area is 195 Å². The van der Waals surface area contributed by atoms with E-state index in [4.69, 9.17) is 0 Å². The van der Waals surface area contributed by atoms with Crippen molar-refractivity contribution in [1.82, 2.24) is 24.6 Å². The van der Waals surface area contributed by atoms with Gasteiger partial charge < -0.3 is 15.2 Å². The third kappa shape index (κ3) is 4.28. The van der Waals surface area contributed by atoms with Gasteiger partial charge in [0.25, 0.3) is 5.56 Å². The number of carbonyl (C=O) groups is 2. The number of hydrogen-bond donors (Lipinski definition) is 2. The highest BCUT2D eigenvalue weighted by Crippen LogP contribution is 2.28. The predicted octanol–water partition coefficient (Wildman–Crippen LogP) is 2.30. The highest BCUT2D eigenvalue weighted by atomic mass is 16.2. The lowest BCUT2D eigenvalue weighted by Gasteiger charge is -2.09. The van der Waals surface area contributed by atoms with Crippen LogP contribution in [0.2, 0.25) is 0 Å². The van der Waals surface area contributed by atoms with Crippen LogP contribution in [0.15, 0.2) is 47.3 Å². The average molecular weight is 459 g/mol. The van der Waals surface area contributed by atoms with Crippen LogP contribution in [-0.4, -0.2) is 37.7 Å². The van der Waals surface area contributed by atoms with Gasteiger partial charge in [-0.1, -0.05) is 18.2 Å². The number of hydrogen-bond acceptors (Lipinski definition) is 5. The zero-order chi connectivity index (χ0) is 23.8. The highest BCUT2D eigenvalue weighted by Gasteiger charge is 2.29. The molecule has 0 spiro atoms. The number of imidazole rings is 1. The van der Waals surface area contributed by atoms with Crippen LogP contribution in [0.4, 0.5) is 5.69 Å². The predicted molar refractivity (Wildman–Crippen MR) is 130 cm³/mol. The molecule has 9 heteroatoms. The van der Waals surface area contributed by atoms with Crippen LogP contribution in [0.5, 0.6) is 0 Å². The number of aromatic nitrogens is 4. The van der Waals surface area contributed by atoms with Gasteiger partial charge in [-0.3, -0.25) is 14.4 Å². The van der Waals surface area contributed by atoms with Gasteiger partial charge in [-0.25, -0.2) is 9.67 Å². The maximum atomic E-state index is 12.7. The summed E-state index contributed by atoms with van der Waals surface area (Å²) in [7, 11) is 1.94. The van der Waals surface area contributed by atoms with E-state index in [1.807, 2.05) is 42.8 Å². The molecule has 1 saturated carbocycles. The maximum Gasteiger partial charge on any atom is 0.275 e. The van der Waals surface area contributed by atoms with Crippen molar-refractivity contribution in [3.8, 4) is 0 Å². The van der Waals surface area contributed by atoms with Gasteiger partial charge in [0, 0.05) is 37.0 Å². The van der Waals surface area contributed by atoms with Gasteiger partial charge in [-0.15, -0.1) is 0 Å². The van der Waals surface area contributed by atoms with Gasteiger partial charge in [0.1, 0.15) is 12.4 Å². The molecule has 2 aromatic carbocycles. The van der Waals surface area contributed by atoms with E-state index in [9.17, 15) is 14.4 Å². The summed E-state index contributed by atoms with van der Waals surface area (Å²) in [6, 6.07) is 12.8. The van der Waals surface area contributed by atoms with E-state index < -0.39 is 0 Å². The van der Waals surface area contributed by atoms with E-state index >= 15 is 0 Å². The van der Waals surface area contributed by atoms with E-state index in [1.54, 1.807) is 18.2 Å². The summed E-state index contributed by atoms with van der Waals surface area (Å²) in [5.41, 5.74) is 2.67. The Morgan fingerprint density at radius 3 is 2.65 bits per heavy atom. The van der Waals surface area contributed by atoms with Crippen LogP contribution in [-0.2, 0) is 29.6 Å². The van der Waals surface area contributed by atoms with Crippen molar-refractivity contribution in [3.63, 3.8) is 0 Å². The van der Waals surface area contributed by atoms with E-state index in [-0.39, 0.29) is 29.8 Å². The zero-order valence-corrected chi connectivity index (χ0v) is 19.2. The molecule has 1 aliphatic rings. The number of nitrogens with one attached hydrogen (secondary N) is 2. The molecule has 174 valence electrons. The zero-order valence-electron chi connectivity index (χ0n) is 19.2. The number of nitrogens with zero attached hydrogens (tertiary/aromatic N) is 4. The van der Waals surface area contributed by atoms with Crippen molar-refractivity contribution in [3.05, 3.63) is 64.3 Å². The van der Waals surface area contributed by atoms with Crippen LogP contribution in [0.1, 0.15) is 24.4 Å². The molecule has 2 heterocycles. The monoisotopic (exact) mass is 458 g/mol. The van der Waals surface area contributed by atoms with Gasteiger partial charge >= 0.3 is 0 Å². The molecule has 0 unspecified atom stereocenters. The third-order valence-electron chi connectivity index (χ3n) is 6.20. The first-order valence-corrected chi connectivity index (χ1v) is 11.4. The second-order valence-corrected chi connectivity index (χ2v) is 8.75.